The van der Waals surface area contributed by atoms with Crippen LogP contribution >= 0.6 is 0 Å². The first-order valence-corrected chi connectivity index (χ1v) is 4.80. The van der Waals surface area contributed by atoms with Gasteiger partial charge in [0.2, 0.25) is 0 Å². The second-order valence-electron chi connectivity index (χ2n) is 2.71. The molecule has 0 aliphatic carbocycles. The quantitative estimate of drug-likeness (QED) is 0.595. The van der Waals surface area contributed by atoms with Crippen molar-refractivity contribution in [3.05, 3.63) is 34.9 Å². The van der Waals surface area contributed by atoms with Crippen molar-refractivity contribution >= 4 is 0 Å². The molecule has 0 amide bonds. The molecule has 0 saturated heterocycles. The van der Waals surface area contributed by atoms with Gasteiger partial charge in [0.05, 0.1) is 0 Å². The van der Waals surface area contributed by atoms with E-state index < -0.39 is 0 Å². The minimum atomic E-state index is 0. The molecule has 0 saturated carbocycles. The molecule has 1 aromatic carbocycles. The summed E-state index contributed by atoms with van der Waals surface area (Å²) in [5.74, 6) is 0. The molecule has 1 aromatic rings. The van der Waals surface area contributed by atoms with Crippen LogP contribution in [0, 0.1) is 13.8 Å². The number of hydrogen-bond acceptors (Lipinski definition) is 0. The van der Waals surface area contributed by atoms with Gasteiger partial charge in [-0.1, -0.05) is 46.4 Å². The lowest BCUT2D eigenvalue weighted by atomic mass is 10.0. The minimum absolute atomic E-state index is 0. The fraction of sp³-hybridized carbons (Fsp3) is 0.538. The van der Waals surface area contributed by atoms with Crippen LogP contribution in [0.1, 0.15) is 44.9 Å². The Kier molecular flexibility index (Phi) is 8.89. The molecule has 0 aromatic heterocycles. The Hall–Kier alpha value is -0.780. The highest BCUT2D eigenvalue weighted by molar-refractivity contribution is 5.32. The van der Waals surface area contributed by atoms with Gasteiger partial charge in [-0.25, -0.2) is 0 Å². The summed E-state index contributed by atoms with van der Waals surface area (Å²) < 4.78 is 0. The lowest BCUT2D eigenvalue weighted by Gasteiger charge is -2.04. The van der Waals surface area contributed by atoms with Crippen molar-refractivity contribution in [1.29, 1.82) is 0 Å². The molecule has 76 valence electrons. The van der Waals surface area contributed by atoms with Crippen LogP contribution < -0.4 is 0 Å². The van der Waals surface area contributed by atoms with Crippen LogP contribution in [-0.4, -0.2) is 0 Å². The third-order valence-electron chi connectivity index (χ3n) is 2.10. The Morgan fingerprint density at radius 1 is 1.08 bits per heavy atom. The molecular formula is C13H24. The Morgan fingerprint density at radius 3 is 2.00 bits per heavy atom. The second-order valence-corrected chi connectivity index (χ2v) is 2.71. The van der Waals surface area contributed by atoms with Crippen molar-refractivity contribution in [2.24, 2.45) is 0 Å². The van der Waals surface area contributed by atoms with Gasteiger partial charge in [0.25, 0.3) is 0 Å². The molecule has 0 atom stereocenters. The zero-order valence-corrected chi connectivity index (χ0v) is 8.94. The van der Waals surface area contributed by atoms with Crippen LogP contribution in [0.25, 0.3) is 0 Å². The molecule has 13 heavy (non-hydrogen) atoms. The third-order valence-corrected chi connectivity index (χ3v) is 2.10. The highest BCUT2D eigenvalue weighted by Gasteiger charge is 1.95. The van der Waals surface area contributed by atoms with E-state index in [4.69, 9.17) is 0 Å². The van der Waals surface area contributed by atoms with Crippen molar-refractivity contribution in [2.75, 3.05) is 0 Å². The van der Waals surface area contributed by atoms with Crippen LogP contribution in [0.4, 0.5) is 0 Å². The molecule has 0 N–H and O–H groups in total. The van der Waals surface area contributed by atoms with E-state index in [-0.39, 0.29) is 7.43 Å². The highest BCUT2D eigenvalue weighted by atomic mass is 14.0. The van der Waals surface area contributed by atoms with E-state index >= 15 is 0 Å². The maximum Gasteiger partial charge on any atom is -0.0305 e. The van der Waals surface area contributed by atoms with E-state index in [1.807, 2.05) is 13.8 Å². The maximum atomic E-state index is 2.20. The van der Waals surface area contributed by atoms with E-state index in [0.717, 1.165) is 6.42 Å². The first kappa shape index (κ1) is 14.7. The summed E-state index contributed by atoms with van der Waals surface area (Å²) in [6.07, 6.45) is 1.15. The summed E-state index contributed by atoms with van der Waals surface area (Å²) in [6, 6.07) is 6.48. The zero-order valence-electron chi connectivity index (χ0n) is 8.94. The van der Waals surface area contributed by atoms with Gasteiger partial charge in [0.1, 0.15) is 0 Å². The summed E-state index contributed by atoms with van der Waals surface area (Å²) in [7, 11) is 0. The van der Waals surface area contributed by atoms with Gasteiger partial charge in [-0.15, -0.1) is 0 Å². The predicted molar refractivity (Wildman–Crippen MR) is 63.4 cm³/mol. The molecule has 0 aliphatic rings. The lowest BCUT2D eigenvalue weighted by molar-refractivity contribution is 1.09. The summed E-state index contributed by atoms with van der Waals surface area (Å²) in [5.41, 5.74) is 4.32. The average molecular weight is 180 g/mol. The van der Waals surface area contributed by atoms with Gasteiger partial charge in [-0.3, -0.25) is 0 Å². The number of benzene rings is 1. The average Bonchev–Trinajstić information content (AvgIpc) is 2.13. The lowest BCUT2D eigenvalue weighted by Crippen LogP contribution is -1.88. The smallest absolute Gasteiger partial charge is 0.0305 e. The van der Waals surface area contributed by atoms with E-state index in [1.54, 1.807) is 0 Å². The zero-order chi connectivity index (χ0) is 9.56. The van der Waals surface area contributed by atoms with Crippen molar-refractivity contribution in [1.82, 2.24) is 0 Å². The standard InChI is InChI=1S/C10H14.C2H6.CH4/c1-4-10-7-5-6-8(2)9(10)3;1-2;/h5-7H,4H2,1-3H3;1-2H3;1H4. The van der Waals surface area contributed by atoms with Crippen molar-refractivity contribution in [3.63, 3.8) is 0 Å². The molecular weight excluding hydrogens is 156 g/mol. The molecule has 0 fully saturated rings. The van der Waals surface area contributed by atoms with Gasteiger partial charge >= 0.3 is 0 Å². The maximum absolute atomic E-state index is 2.20. The van der Waals surface area contributed by atoms with E-state index in [0.29, 0.717) is 0 Å². The van der Waals surface area contributed by atoms with Crippen molar-refractivity contribution in [3.8, 4) is 0 Å². The first-order chi connectivity index (χ1) is 5.75. The SMILES string of the molecule is C.CC.CCc1cccc(C)c1C. The van der Waals surface area contributed by atoms with Gasteiger partial charge in [0, 0.05) is 0 Å². The topological polar surface area (TPSA) is 0 Å². The summed E-state index contributed by atoms with van der Waals surface area (Å²) in [6.45, 7) is 10.5. The molecule has 0 unspecified atom stereocenters. The highest BCUT2D eigenvalue weighted by Crippen LogP contribution is 2.12. The van der Waals surface area contributed by atoms with Crippen LogP contribution in [0.2, 0.25) is 0 Å². The van der Waals surface area contributed by atoms with Crippen LogP contribution in [-0.2, 0) is 6.42 Å². The Morgan fingerprint density at radius 2 is 1.62 bits per heavy atom. The number of aryl methyl sites for hydroxylation is 2. The molecule has 0 heteroatoms. The second kappa shape index (κ2) is 7.85. The van der Waals surface area contributed by atoms with Gasteiger partial charge in [0.15, 0.2) is 0 Å². The third kappa shape index (κ3) is 4.12. The number of hydrogen-bond donors (Lipinski definition) is 0. The molecule has 0 heterocycles. The molecule has 0 nitrogen and oxygen atoms in total. The van der Waals surface area contributed by atoms with Gasteiger partial charge < -0.3 is 0 Å². The normalized spacial score (nSPS) is 8.08. The van der Waals surface area contributed by atoms with Crippen LogP contribution in [0.3, 0.4) is 0 Å². The largest absolute Gasteiger partial charge is 0.0776 e. The molecule has 0 radical (unpaired) electrons. The predicted octanol–water partition coefficient (Wildman–Crippen LogP) is 4.53. The van der Waals surface area contributed by atoms with E-state index in [9.17, 15) is 0 Å². The monoisotopic (exact) mass is 180 g/mol. The summed E-state index contributed by atoms with van der Waals surface area (Å²) in [4.78, 5) is 0. The fourth-order valence-electron chi connectivity index (χ4n) is 1.19. The number of rotatable bonds is 1. The Labute approximate surface area is 84.0 Å². The molecule has 0 spiro atoms. The van der Waals surface area contributed by atoms with E-state index in [1.165, 1.54) is 16.7 Å². The molecule has 0 aliphatic heterocycles. The Balaban J connectivity index is 0. The summed E-state index contributed by atoms with van der Waals surface area (Å²) >= 11 is 0. The minimum Gasteiger partial charge on any atom is -0.0776 e. The first-order valence-electron chi connectivity index (χ1n) is 4.80. The van der Waals surface area contributed by atoms with E-state index in [2.05, 4.69) is 39.0 Å². The Bertz CT molecular complexity index is 223. The summed E-state index contributed by atoms with van der Waals surface area (Å²) in [5, 5.41) is 0. The van der Waals surface area contributed by atoms with Crippen LogP contribution in [0.5, 0.6) is 0 Å². The molecule has 0 bridgehead atoms. The van der Waals surface area contributed by atoms with Gasteiger partial charge in [-0.2, -0.15) is 0 Å². The van der Waals surface area contributed by atoms with Crippen molar-refractivity contribution < 1.29 is 0 Å². The van der Waals surface area contributed by atoms with Gasteiger partial charge in [-0.05, 0) is 37.0 Å². The fourth-order valence-corrected chi connectivity index (χ4v) is 1.19. The van der Waals surface area contributed by atoms with Crippen LogP contribution in [0.15, 0.2) is 18.2 Å². The molecule has 1 rings (SSSR count). The van der Waals surface area contributed by atoms with Crippen molar-refractivity contribution in [2.45, 2.75) is 48.5 Å².